The first kappa shape index (κ1) is 34.8. The number of carbonyl (C=O) groups excluding carboxylic acids is 4. The molecular formula is C29H50O10. The molecule has 226 valence electrons. The van der Waals surface area contributed by atoms with Gasteiger partial charge >= 0.3 is 23.9 Å². The average Bonchev–Trinajstić information content (AvgIpc) is 2.72. The Labute approximate surface area is 233 Å². The van der Waals surface area contributed by atoms with E-state index in [1.807, 2.05) is 0 Å². The normalized spacial score (nSPS) is 24.6. The highest BCUT2D eigenvalue weighted by Crippen LogP contribution is 2.34. The zero-order chi connectivity index (χ0) is 30.7. The molecule has 0 spiro atoms. The highest BCUT2D eigenvalue weighted by atomic mass is 16.7. The minimum atomic E-state index is -1.31. The molecule has 0 N–H and O–H groups in total. The lowest BCUT2D eigenvalue weighted by Gasteiger charge is -2.46. The van der Waals surface area contributed by atoms with Crippen molar-refractivity contribution in [1.29, 1.82) is 0 Å². The van der Waals surface area contributed by atoms with Gasteiger partial charge in [-0.25, -0.2) is 0 Å². The van der Waals surface area contributed by atoms with Crippen LogP contribution in [0.1, 0.15) is 96.9 Å². The molecule has 0 unspecified atom stereocenters. The molecule has 0 saturated carbocycles. The Bertz CT molecular complexity index is 880. The zero-order valence-electron chi connectivity index (χ0n) is 26.3. The molecule has 10 nitrogen and oxygen atoms in total. The summed E-state index contributed by atoms with van der Waals surface area (Å²) in [5.41, 5.74) is -3.56. The Morgan fingerprint density at radius 3 is 1.31 bits per heavy atom. The zero-order valence-corrected chi connectivity index (χ0v) is 26.3. The number of hydrogen-bond acceptors (Lipinski definition) is 10. The van der Waals surface area contributed by atoms with Crippen LogP contribution in [0.5, 0.6) is 0 Å². The fourth-order valence-electron chi connectivity index (χ4n) is 3.07. The fourth-order valence-corrected chi connectivity index (χ4v) is 3.07. The predicted molar refractivity (Wildman–Crippen MR) is 143 cm³/mol. The second kappa shape index (κ2) is 12.5. The molecule has 10 heteroatoms. The first-order valence-corrected chi connectivity index (χ1v) is 13.5. The maximum absolute atomic E-state index is 13.2. The van der Waals surface area contributed by atoms with Gasteiger partial charge in [-0.05, 0) is 96.9 Å². The van der Waals surface area contributed by atoms with Gasteiger partial charge < -0.3 is 28.4 Å². The summed E-state index contributed by atoms with van der Waals surface area (Å²) in [5.74, 6) is -2.32. The third-order valence-corrected chi connectivity index (χ3v) is 5.56. The van der Waals surface area contributed by atoms with Crippen LogP contribution in [0.25, 0.3) is 0 Å². The average molecular weight is 559 g/mol. The summed E-state index contributed by atoms with van der Waals surface area (Å²) in [6, 6.07) is 0. The van der Waals surface area contributed by atoms with Gasteiger partial charge in [-0.2, -0.15) is 0 Å². The monoisotopic (exact) mass is 558 g/mol. The molecule has 0 aromatic carbocycles. The van der Waals surface area contributed by atoms with Crippen LogP contribution < -0.4 is 0 Å². The number of ether oxygens (including phenoxy) is 6. The Morgan fingerprint density at radius 2 is 0.949 bits per heavy atom. The van der Waals surface area contributed by atoms with Gasteiger partial charge in [0.25, 0.3) is 0 Å². The van der Waals surface area contributed by atoms with Crippen molar-refractivity contribution >= 4 is 23.9 Å². The second-order valence-corrected chi connectivity index (χ2v) is 14.4. The summed E-state index contributed by atoms with van der Waals surface area (Å²) in [5, 5.41) is 0. The number of carbonyl (C=O) groups is 4. The van der Waals surface area contributed by atoms with E-state index in [9.17, 15) is 19.2 Å². The van der Waals surface area contributed by atoms with E-state index in [0.717, 1.165) is 0 Å². The molecule has 0 radical (unpaired) electrons. The van der Waals surface area contributed by atoms with Gasteiger partial charge in [0.15, 0.2) is 24.6 Å². The van der Waals surface area contributed by atoms with Gasteiger partial charge in [-0.3, -0.25) is 19.2 Å². The molecule has 5 atom stereocenters. The lowest BCUT2D eigenvalue weighted by Crippen LogP contribution is -2.64. The molecule has 1 aliphatic heterocycles. The molecule has 0 bridgehead atoms. The molecule has 0 aliphatic carbocycles. The van der Waals surface area contributed by atoms with E-state index in [4.69, 9.17) is 28.4 Å². The van der Waals surface area contributed by atoms with Crippen LogP contribution in [-0.4, -0.2) is 67.3 Å². The number of rotatable bonds is 7. The molecule has 1 rings (SSSR count). The highest BCUT2D eigenvalue weighted by Gasteiger charge is 2.55. The van der Waals surface area contributed by atoms with Gasteiger partial charge in [-0.1, -0.05) is 0 Å². The first-order chi connectivity index (χ1) is 17.4. The van der Waals surface area contributed by atoms with Crippen molar-refractivity contribution in [3.63, 3.8) is 0 Å². The Kier molecular flexibility index (Phi) is 11.2. The molecule has 1 aliphatic rings. The van der Waals surface area contributed by atoms with Crippen LogP contribution in [-0.2, 0) is 47.6 Å². The minimum absolute atomic E-state index is 0.320. The SMILES string of the molecule is CC(C)O[C@@H]1O[C@H](COC(=O)C(C)(C)C)[C@H](OC(=O)C(C)(C)C)[C@H](OC(=O)C(C)(C)C)[C@H]1OC(=O)C(C)(C)C. The van der Waals surface area contributed by atoms with Crippen LogP contribution in [0.4, 0.5) is 0 Å². The van der Waals surface area contributed by atoms with Crippen LogP contribution in [0, 0.1) is 21.7 Å². The molecule has 0 aromatic heterocycles. The molecule has 39 heavy (non-hydrogen) atoms. The topological polar surface area (TPSA) is 124 Å². The van der Waals surface area contributed by atoms with Crippen molar-refractivity contribution < 1.29 is 47.6 Å². The van der Waals surface area contributed by atoms with E-state index < -0.39 is 76.2 Å². The standard InChI is InChI=1S/C29H50O10/c1-16(2)35-21-20(39-25(33)29(12,13)14)19(38-24(32)28(9,10)11)18(37-23(31)27(6,7)8)17(36-21)15-34-22(30)26(3,4)5/h16-21H,15H2,1-14H3/t17-,18+,19+,20-,21-/m1/s1. The van der Waals surface area contributed by atoms with E-state index in [2.05, 4.69) is 0 Å². The predicted octanol–water partition coefficient (Wildman–Crippen LogP) is 4.60. The maximum atomic E-state index is 13.2. The van der Waals surface area contributed by atoms with Crippen molar-refractivity contribution in [2.24, 2.45) is 21.7 Å². The molecule has 1 saturated heterocycles. The summed E-state index contributed by atoms with van der Waals surface area (Å²) in [7, 11) is 0. The van der Waals surface area contributed by atoms with Crippen molar-refractivity contribution in [1.82, 2.24) is 0 Å². The molecule has 0 aromatic rings. The van der Waals surface area contributed by atoms with Gasteiger partial charge in [0, 0.05) is 0 Å². The molecule has 1 heterocycles. The van der Waals surface area contributed by atoms with Crippen molar-refractivity contribution in [3.05, 3.63) is 0 Å². The maximum Gasteiger partial charge on any atom is 0.311 e. The van der Waals surface area contributed by atoms with Crippen LogP contribution >= 0.6 is 0 Å². The lowest BCUT2D eigenvalue weighted by molar-refractivity contribution is -0.318. The molecule has 0 amide bonds. The van der Waals surface area contributed by atoms with Crippen LogP contribution in [0.2, 0.25) is 0 Å². The molecular weight excluding hydrogens is 508 g/mol. The van der Waals surface area contributed by atoms with E-state index in [-0.39, 0.29) is 12.7 Å². The summed E-state index contributed by atoms with van der Waals surface area (Å²) >= 11 is 0. The molecule has 1 fully saturated rings. The quantitative estimate of drug-likeness (QED) is 0.323. The summed E-state index contributed by atoms with van der Waals surface area (Å²) in [6.45, 7) is 23.4. The van der Waals surface area contributed by atoms with E-state index >= 15 is 0 Å². The van der Waals surface area contributed by atoms with Gasteiger partial charge in [0.05, 0.1) is 27.8 Å². The minimum Gasteiger partial charge on any atom is -0.462 e. The first-order valence-electron chi connectivity index (χ1n) is 13.5. The number of esters is 4. The van der Waals surface area contributed by atoms with E-state index in [1.54, 1.807) is 96.9 Å². The Hall–Kier alpha value is -2.20. The Morgan fingerprint density at radius 1 is 0.590 bits per heavy atom. The highest BCUT2D eigenvalue weighted by molar-refractivity contribution is 5.78. The van der Waals surface area contributed by atoms with Crippen molar-refractivity contribution in [2.75, 3.05) is 6.61 Å². The van der Waals surface area contributed by atoms with Crippen LogP contribution in [0.3, 0.4) is 0 Å². The van der Waals surface area contributed by atoms with Crippen LogP contribution in [0.15, 0.2) is 0 Å². The van der Waals surface area contributed by atoms with E-state index in [1.165, 1.54) is 0 Å². The second-order valence-electron chi connectivity index (χ2n) is 14.4. The van der Waals surface area contributed by atoms with Crippen molar-refractivity contribution in [3.8, 4) is 0 Å². The largest absolute Gasteiger partial charge is 0.462 e. The fraction of sp³-hybridized carbons (Fsp3) is 0.862. The van der Waals surface area contributed by atoms with Gasteiger partial charge in [0.1, 0.15) is 12.7 Å². The Balaban J connectivity index is 3.69. The van der Waals surface area contributed by atoms with E-state index in [0.29, 0.717) is 0 Å². The smallest absolute Gasteiger partial charge is 0.311 e. The third-order valence-electron chi connectivity index (χ3n) is 5.56. The van der Waals surface area contributed by atoms with Gasteiger partial charge in [-0.15, -0.1) is 0 Å². The lowest BCUT2D eigenvalue weighted by atomic mass is 9.93. The summed E-state index contributed by atoms with van der Waals surface area (Å²) in [4.78, 5) is 51.9. The third kappa shape index (κ3) is 10.4. The summed E-state index contributed by atoms with van der Waals surface area (Å²) in [6.07, 6.45) is -6.55. The van der Waals surface area contributed by atoms with Gasteiger partial charge in [0.2, 0.25) is 0 Å². The summed E-state index contributed by atoms with van der Waals surface area (Å²) < 4.78 is 35.3. The van der Waals surface area contributed by atoms with Crippen molar-refractivity contribution in [2.45, 2.75) is 134 Å². The number of hydrogen-bond donors (Lipinski definition) is 0.